The molecule has 0 aliphatic rings. The molecule has 0 fully saturated rings. The Morgan fingerprint density at radius 3 is 2.72 bits per heavy atom. The topological polar surface area (TPSA) is 95.9 Å². The molecule has 2 N–H and O–H groups in total. The fourth-order valence-electron chi connectivity index (χ4n) is 1.52. The fraction of sp³-hybridized carbons (Fsp3) is 0.500. The summed E-state index contributed by atoms with van der Waals surface area (Å²) >= 11 is 0. The first-order chi connectivity index (χ1) is 8.54. The van der Waals surface area contributed by atoms with Crippen molar-refractivity contribution in [3.8, 4) is 6.07 Å². The van der Waals surface area contributed by atoms with E-state index in [2.05, 4.69) is 10.2 Å². The molecule has 0 atom stereocenters. The van der Waals surface area contributed by atoms with Gasteiger partial charge in [0.2, 0.25) is 0 Å². The third-order valence-corrected chi connectivity index (χ3v) is 2.27. The lowest BCUT2D eigenvalue weighted by molar-refractivity contribution is 0.0733. The number of nitrogens with zero attached hydrogens (tertiary/aromatic N) is 4. The van der Waals surface area contributed by atoms with Crippen molar-refractivity contribution >= 4 is 11.7 Å². The zero-order valence-electron chi connectivity index (χ0n) is 10.6. The molecule has 0 aliphatic carbocycles. The highest BCUT2D eigenvalue weighted by Gasteiger charge is 2.18. The lowest BCUT2D eigenvalue weighted by Gasteiger charge is -2.22. The van der Waals surface area contributed by atoms with Gasteiger partial charge in [0, 0.05) is 13.1 Å². The maximum Gasteiger partial charge on any atom is 0.274 e. The summed E-state index contributed by atoms with van der Waals surface area (Å²) in [6, 6.07) is 5.12. The molecule has 6 heteroatoms. The molecule has 1 aromatic rings. The van der Waals surface area contributed by atoms with Crippen LogP contribution >= 0.6 is 0 Å². The van der Waals surface area contributed by atoms with Crippen molar-refractivity contribution in [2.24, 2.45) is 5.92 Å². The van der Waals surface area contributed by atoms with Crippen molar-refractivity contribution in [2.45, 2.75) is 20.3 Å². The Morgan fingerprint density at radius 2 is 2.22 bits per heavy atom. The van der Waals surface area contributed by atoms with E-state index in [0.29, 0.717) is 25.4 Å². The van der Waals surface area contributed by atoms with Crippen molar-refractivity contribution in [1.82, 2.24) is 15.1 Å². The van der Waals surface area contributed by atoms with Gasteiger partial charge < -0.3 is 10.6 Å². The number of carbonyl (C=O) groups excluding carboxylic acids is 1. The van der Waals surface area contributed by atoms with Crippen molar-refractivity contribution in [2.75, 3.05) is 18.8 Å². The molecule has 96 valence electrons. The molecule has 1 aromatic heterocycles. The van der Waals surface area contributed by atoms with Gasteiger partial charge in [0.05, 0.1) is 12.5 Å². The van der Waals surface area contributed by atoms with Gasteiger partial charge in [-0.05, 0) is 18.1 Å². The van der Waals surface area contributed by atoms with E-state index in [4.69, 9.17) is 11.0 Å². The van der Waals surface area contributed by atoms with Crippen molar-refractivity contribution < 1.29 is 4.79 Å². The first kappa shape index (κ1) is 13.9. The largest absolute Gasteiger partial charge is 0.382 e. The molecule has 0 unspecified atom stereocenters. The minimum Gasteiger partial charge on any atom is -0.382 e. The Morgan fingerprint density at radius 1 is 1.50 bits per heavy atom. The van der Waals surface area contributed by atoms with Crippen LogP contribution in [0.5, 0.6) is 0 Å². The average molecular weight is 247 g/mol. The normalized spacial score (nSPS) is 10.1. The minimum atomic E-state index is -0.216. The second-order valence-electron chi connectivity index (χ2n) is 4.40. The number of nitrogen functional groups attached to an aromatic ring is 1. The molecule has 1 heterocycles. The van der Waals surface area contributed by atoms with Gasteiger partial charge in [0.15, 0.2) is 5.69 Å². The zero-order chi connectivity index (χ0) is 13.5. The number of amides is 1. The van der Waals surface area contributed by atoms with Crippen LogP contribution in [0.1, 0.15) is 30.8 Å². The Balaban J connectivity index is 2.81. The van der Waals surface area contributed by atoms with Crippen molar-refractivity contribution in [1.29, 1.82) is 5.26 Å². The van der Waals surface area contributed by atoms with E-state index in [1.165, 1.54) is 6.07 Å². The quantitative estimate of drug-likeness (QED) is 0.839. The van der Waals surface area contributed by atoms with E-state index in [1.807, 2.05) is 19.9 Å². The number of hydrogen-bond acceptors (Lipinski definition) is 5. The molecule has 18 heavy (non-hydrogen) atoms. The third-order valence-electron chi connectivity index (χ3n) is 2.27. The Kier molecular flexibility index (Phi) is 5.06. The van der Waals surface area contributed by atoms with Gasteiger partial charge in [-0.15, -0.1) is 10.2 Å². The van der Waals surface area contributed by atoms with Crippen molar-refractivity contribution in [3.63, 3.8) is 0 Å². The first-order valence-corrected chi connectivity index (χ1v) is 5.80. The first-order valence-electron chi connectivity index (χ1n) is 5.80. The van der Waals surface area contributed by atoms with Crippen LogP contribution in [0, 0.1) is 17.2 Å². The summed E-state index contributed by atoms with van der Waals surface area (Å²) in [5.41, 5.74) is 5.67. The van der Waals surface area contributed by atoms with Crippen LogP contribution in [0.15, 0.2) is 12.1 Å². The summed E-state index contributed by atoms with van der Waals surface area (Å²) in [5, 5.41) is 16.0. The summed E-state index contributed by atoms with van der Waals surface area (Å²) in [6.07, 6.45) is 0.306. The predicted octanol–water partition coefficient (Wildman–Crippen LogP) is 1.07. The molecule has 0 bridgehead atoms. The van der Waals surface area contributed by atoms with Crippen LogP contribution in [-0.4, -0.2) is 34.1 Å². The van der Waals surface area contributed by atoms with Gasteiger partial charge in [0.25, 0.3) is 5.91 Å². The zero-order valence-corrected chi connectivity index (χ0v) is 10.6. The second kappa shape index (κ2) is 6.55. The van der Waals surface area contributed by atoms with E-state index in [9.17, 15) is 4.79 Å². The lowest BCUT2D eigenvalue weighted by atomic mass is 10.2. The molecule has 1 amide bonds. The van der Waals surface area contributed by atoms with E-state index in [0.717, 1.165) is 0 Å². The fourth-order valence-corrected chi connectivity index (χ4v) is 1.52. The highest BCUT2D eigenvalue weighted by molar-refractivity contribution is 5.92. The standard InChI is InChI=1S/C12H17N5O/c1-9(2)8-17(7-3-6-13)12(18)10-4-5-11(14)16-15-10/h4-5,9H,3,7-8H2,1-2H3,(H2,14,16). The van der Waals surface area contributed by atoms with Gasteiger partial charge in [0.1, 0.15) is 5.82 Å². The molecular weight excluding hydrogens is 230 g/mol. The number of anilines is 1. The summed E-state index contributed by atoms with van der Waals surface area (Å²) in [6.45, 7) is 5.02. The molecule has 1 rings (SSSR count). The molecule has 0 saturated heterocycles. The van der Waals surface area contributed by atoms with Crippen LogP contribution in [0.3, 0.4) is 0 Å². The Labute approximate surface area is 106 Å². The highest BCUT2D eigenvalue weighted by Crippen LogP contribution is 2.07. The molecule has 0 radical (unpaired) electrons. The lowest BCUT2D eigenvalue weighted by Crippen LogP contribution is -2.35. The molecule has 0 saturated carbocycles. The summed E-state index contributed by atoms with van der Waals surface area (Å²) in [4.78, 5) is 13.8. The molecule has 0 aromatic carbocycles. The smallest absolute Gasteiger partial charge is 0.274 e. The van der Waals surface area contributed by atoms with Gasteiger partial charge in [-0.3, -0.25) is 4.79 Å². The van der Waals surface area contributed by atoms with Crippen LogP contribution in [0.4, 0.5) is 5.82 Å². The number of carbonyl (C=O) groups is 1. The number of nitrogens with two attached hydrogens (primary N) is 1. The van der Waals surface area contributed by atoms with Crippen LogP contribution < -0.4 is 5.73 Å². The highest BCUT2D eigenvalue weighted by atomic mass is 16.2. The van der Waals surface area contributed by atoms with Gasteiger partial charge in [-0.1, -0.05) is 13.8 Å². The number of nitriles is 1. The SMILES string of the molecule is CC(C)CN(CCC#N)C(=O)c1ccc(N)nn1. The molecule has 0 spiro atoms. The van der Waals surface area contributed by atoms with Gasteiger partial charge >= 0.3 is 0 Å². The molecule has 0 aliphatic heterocycles. The third kappa shape index (κ3) is 4.01. The van der Waals surface area contributed by atoms with E-state index < -0.39 is 0 Å². The minimum absolute atomic E-state index is 0.216. The summed E-state index contributed by atoms with van der Waals surface area (Å²) in [7, 11) is 0. The average Bonchev–Trinajstić information content (AvgIpc) is 2.34. The monoisotopic (exact) mass is 247 g/mol. The van der Waals surface area contributed by atoms with Crippen LogP contribution in [0.2, 0.25) is 0 Å². The number of aromatic nitrogens is 2. The Hall–Kier alpha value is -2.16. The van der Waals surface area contributed by atoms with E-state index >= 15 is 0 Å². The van der Waals surface area contributed by atoms with E-state index in [-0.39, 0.29) is 17.4 Å². The number of hydrogen-bond donors (Lipinski definition) is 1. The van der Waals surface area contributed by atoms with Crippen LogP contribution in [-0.2, 0) is 0 Å². The second-order valence-corrected chi connectivity index (χ2v) is 4.40. The molecular formula is C12H17N5O. The maximum atomic E-state index is 12.2. The summed E-state index contributed by atoms with van der Waals surface area (Å²) < 4.78 is 0. The van der Waals surface area contributed by atoms with Gasteiger partial charge in [-0.25, -0.2) is 0 Å². The maximum absolute atomic E-state index is 12.2. The summed E-state index contributed by atoms with van der Waals surface area (Å²) in [5.74, 6) is 0.389. The Bertz CT molecular complexity index is 435. The van der Waals surface area contributed by atoms with Crippen LogP contribution in [0.25, 0.3) is 0 Å². The van der Waals surface area contributed by atoms with E-state index in [1.54, 1.807) is 11.0 Å². The number of rotatable bonds is 5. The molecule has 6 nitrogen and oxygen atoms in total. The van der Waals surface area contributed by atoms with Gasteiger partial charge in [-0.2, -0.15) is 5.26 Å². The predicted molar refractivity (Wildman–Crippen MR) is 67.4 cm³/mol. The van der Waals surface area contributed by atoms with Crippen molar-refractivity contribution in [3.05, 3.63) is 17.8 Å².